The molecule has 0 spiro atoms. The van der Waals surface area contributed by atoms with Gasteiger partial charge in [-0.15, -0.1) is 6.42 Å². The number of nitrogens with one attached hydrogen (secondary N) is 1. The van der Waals surface area contributed by atoms with Crippen LogP contribution in [-0.2, 0) is 6.54 Å². The van der Waals surface area contributed by atoms with Crippen molar-refractivity contribution in [2.24, 2.45) is 0 Å². The van der Waals surface area contributed by atoms with E-state index in [2.05, 4.69) is 16.1 Å². The van der Waals surface area contributed by atoms with Crippen molar-refractivity contribution < 1.29 is 4.79 Å². The van der Waals surface area contributed by atoms with Gasteiger partial charge in [0, 0.05) is 12.1 Å². The summed E-state index contributed by atoms with van der Waals surface area (Å²) in [5.41, 5.74) is 4.35. The van der Waals surface area contributed by atoms with Crippen LogP contribution in [0.1, 0.15) is 21.6 Å². The van der Waals surface area contributed by atoms with E-state index < -0.39 is 0 Å². The van der Waals surface area contributed by atoms with Gasteiger partial charge in [0.2, 0.25) is 0 Å². The zero-order valence-corrected chi connectivity index (χ0v) is 14.1. The molecule has 1 amide bonds. The van der Waals surface area contributed by atoms with Crippen molar-refractivity contribution in [2.75, 3.05) is 6.54 Å². The largest absolute Gasteiger partial charge is 0.322 e. The standard InChI is InChI=1S/C21H19N3O/c1-3-13-24(15-17-11-9-16(2)10-12-17)21(25)20-14-19(22-23-20)18-7-5-4-6-8-18/h1,4-12,14H,13,15H2,2H3,(H,22,23). The highest BCUT2D eigenvalue weighted by Gasteiger charge is 2.18. The molecule has 0 aliphatic heterocycles. The Kier molecular flexibility index (Phi) is 4.96. The van der Waals surface area contributed by atoms with Crippen LogP contribution < -0.4 is 0 Å². The molecule has 0 bridgehead atoms. The van der Waals surface area contributed by atoms with Crippen LogP contribution in [-0.4, -0.2) is 27.5 Å². The van der Waals surface area contributed by atoms with Gasteiger partial charge in [-0.2, -0.15) is 5.10 Å². The number of aromatic nitrogens is 2. The van der Waals surface area contributed by atoms with Gasteiger partial charge in [-0.05, 0) is 18.6 Å². The van der Waals surface area contributed by atoms with Crippen molar-refractivity contribution in [3.63, 3.8) is 0 Å². The van der Waals surface area contributed by atoms with E-state index in [0.29, 0.717) is 12.2 Å². The van der Waals surface area contributed by atoms with Crippen molar-refractivity contribution in [2.45, 2.75) is 13.5 Å². The topological polar surface area (TPSA) is 49.0 Å². The normalized spacial score (nSPS) is 10.2. The third kappa shape index (κ3) is 3.96. The van der Waals surface area contributed by atoms with E-state index in [-0.39, 0.29) is 12.5 Å². The fraction of sp³-hybridized carbons (Fsp3) is 0.143. The number of nitrogens with zero attached hydrogens (tertiary/aromatic N) is 2. The van der Waals surface area contributed by atoms with Crippen molar-refractivity contribution in [1.82, 2.24) is 15.1 Å². The third-order valence-corrected chi connectivity index (χ3v) is 3.94. The van der Waals surface area contributed by atoms with E-state index in [4.69, 9.17) is 6.42 Å². The molecule has 0 saturated carbocycles. The molecule has 0 radical (unpaired) electrons. The summed E-state index contributed by atoms with van der Waals surface area (Å²) in [6.45, 7) is 2.74. The second kappa shape index (κ2) is 7.50. The Balaban J connectivity index is 1.80. The van der Waals surface area contributed by atoms with Crippen molar-refractivity contribution in [3.8, 4) is 23.6 Å². The van der Waals surface area contributed by atoms with Crippen LogP contribution in [0.25, 0.3) is 11.3 Å². The monoisotopic (exact) mass is 329 g/mol. The molecule has 0 atom stereocenters. The van der Waals surface area contributed by atoms with Gasteiger partial charge in [-0.3, -0.25) is 9.89 Å². The van der Waals surface area contributed by atoms with Gasteiger partial charge in [0.15, 0.2) is 0 Å². The predicted molar refractivity (Wildman–Crippen MR) is 98.8 cm³/mol. The van der Waals surface area contributed by atoms with Crippen LogP contribution in [0.3, 0.4) is 0 Å². The molecule has 124 valence electrons. The van der Waals surface area contributed by atoms with Gasteiger partial charge in [-0.25, -0.2) is 0 Å². The van der Waals surface area contributed by atoms with Crippen molar-refractivity contribution in [3.05, 3.63) is 77.5 Å². The summed E-state index contributed by atoms with van der Waals surface area (Å²) < 4.78 is 0. The van der Waals surface area contributed by atoms with E-state index in [0.717, 1.165) is 16.8 Å². The molecule has 4 heteroatoms. The molecule has 0 aliphatic rings. The summed E-state index contributed by atoms with van der Waals surface area (Å²) in [5.74, 6) is 2.40. The molecule has 4 nitrogen and oxygen atoms in total. The number of benzene rings is 2. The van der Waals surface area contributed by atoms with Crippen LogP contribution in [0.2, 0.25) is 0 Å². The van der Waals surface area contributed by atoms with Gasteiger partial charge in [-0.1, -0.05) is 66.1 Å². The second-order valence-electron chi connectivity index (χ2n) is 5.88. The lowest BCUT2D eigenvalue weighted by Gasteiger charge is -2.19. The van der Waals surface area contributed by atoms with Gasteiger partial charge < -0.3 is 4.90 Å². The molecule has 3 rings (SSSR count). The Bertz CT molecular complexity index is 889. The van der Waals surface area contributed by atoms with Crippen LogP contribution in [0.15, 0.2) is 60.7 Å². The molecule has 25 heavy (non-hydrogen) atoms. The Labute approximate surface area is 147 Å². The minimum atomic E-state index is -0.159. The van der Waals surface area contributed by atoms with Crippen LogP contribution in [0.4, 0.5) is 0 Å². The summed E-state index contributed by atoms with van der Waals surface area (Å²) in [5, 5.41) is 7.07. The fourth-order valence-corrected chi connectivity index (χ4v) is 2.58. The summed E-state index contributed by atoms with van der Waals surface area (Å²) in [7, 11) is 0. The Morgan fingerprint density at radius 2 is 1.88 bits per heavy atom. The quantitative estimate of drug-likeness (QED) is 0.726. The maximum absolute atomic E-state index is 12.8. The number of aromatic amines is 1. The Hall–Kier alpha value is -3.32. The smallest absolute Gasteiger partial charge is 0.272 e. The number of rotatable bonds is 5. The summed E-state index contributed by atoms with van der Waals surface area (Å²) >= 11 is 0. The number of terminal acetylenes is 1. The number of hydrogen-bond donors (Lipinski definition) is 1. The van der Waals surface area contributed by atoms with Gasteiger partial charge in [0.25, 0.3) is 5.91 Å². The zero-order chi connectivity index (χ0) is 17.6. The minimum Gasteiger partial charge on any atom is -0.322 e. The highest BCUT2D eigenvalue weighted by Crippen LogP contribution is 2.18. The van der Waals surface area contributed by atoms with Crippen LogP contribution in [0.5, 0.6) is 0 Å². The number of amides is 1. The predicted octanol–water partition coefficient (Wildman–Crippen LogP) is 3.66. The van der Waals surface area contributed by atoms with Crippen molar-refractivity contribution >= 4 is 5.91 Å². The molecule has 0 saturated heterocycles. The lowest BCUT2D eigenvalue weighted by molar-refractivity contribution is 0.0760. The first-order chi connectivity index (χ1) is 12.2. The molecule has 3 aromatic rings. The lowest BCUT2D eigenvalue weighted by Crippen LogP contribution is -2.31. The lowest BCUT2D eigenvalue weighted by atomic mass is 10.1. The average Bonchev–Trinajstić information content (AvgIpc) is 3.13. The van der Waals surface area contributed by atoms with Crippen LogP contribution >= 0.6 is 0 Å². The fourth-order valence-electron chi connectivity index (χ4n) is 2.58. The Morgan fingerprint density at radius 1 is 1.16 bits per heavy atom. The number of carbonyl (C=O) groups is 1. The SMILES string of the molecule is C#CCN(Cc1ccc(C)cc1)C(=O)c1cc(-c2ccccc2)n[nH]1. The highest BCUT2D eigenvalue weighted by molar-refractivity contribution is 5.93. The van der Waals surface area contributed by atoms with E-state index >= 15 is 0 Å². The maximum atomic E-state index is 12.8. The molecular formula is C21H19N3O. The molecule has 1 heterocycles. The highest BCUT2D eigenvalue weighted by atomic mass is 16.2. The van der Waals surface area contributed by atoms with Gasteiger partial charge >= 0.3 is 0 Å². The van der Waals surface area contributed by atoms with Crippen molar-refractivity contribution in [1.29, 1.82) is 0 Å². The molecular weight excluding hydrogens is 310 g/mol. The first-order valence-corrected chi connectivity index (χ1v) is 8.06. The van der Waals surface area contributed by atoms with Crippen LogP contribution in [0, 0.1) is 19.3 Å². The molecule has 0 fully saturated rings. The zero-order valence-electron chi connectivity index (χ0n) is 14.1. The summed E-state index contributed by atoms with van der Waals surface area (Å²) in [4.78, 5) is 14.4. The second-order valence-corrected chi connectivity index (χ2v) is 5.88. The first kappa shape index (κ1) is 16.5. The maximum Gasteiger partial charge on any atom is 0.272 e. The van der Waals surface area contributed by atoms with Gasteiger partial charge in [0.1, 0.15) is 5.69 Å². The average molecular weight is 329 g/mol. The number of aryl methyl sites for hydroxylation is 1. The van der Waals surface area contributed by atoms with E-state index in [1.54, 1.807) is 11.0 Å². The number of carbonyl (C=O) groups excluding carboxylic acids is 1. The van der Waals surface area contributed by atoms with E-state index in [9.17, 15) is 4.79 Å². The van der Waals surface area contributed by atoms with E-state index in [1.165, 1.54) is 5.56 Å². The summed E-state index contributed by atoms with van der Waals surface area (Å²) in [6.07, 6.45) is 5.45. The molecule has 0 aliphatic carbocycles. The molecule has 0 unspecified atom stereocenters. The minimum absolute atomic E-state index is 0.159. The van der Waals surface area contributed by atoms with E-state index in [1.807, 2.05) is 61.5 Å². The first-order valence-electron chi connectivity index (χ1n) is 8.06. The Morgan fingerprint density at radius 3 is 2.56 bits per heavy atom. The molecule has 1 aromatic heterocycles. The molecule has 1 N–H and O–H groups in total. The third-order valence-electron chi connectivity index (χ3n) is 3.94. The number of hydrogen-bond acceptors (Lipinski definition) is 2. The van der Waals surface area contributed by atoms with Gasteiger partial charge in [0.05, 0.1) is 12.2 Å². The number of H-pyrrole nitrogens is 1. The molecule has 2 aromatic carbocycles. The summed E-state index contributed by atoms with van der Waals surface area (Å²) in [6, 6.07) is 19.6.